The van der Waals surface area contributed by atoms with Gasteiger partial charge in [-0.15, -0.1) is 0 Å². The first-order valence-corrected chi connectivity index (χ1v) is 11.3. The zero-order valence-corrected chi connectivity index (χ0v) is 17.3. The Hall–Kier alpha value is -2.81. The Labute approximate surface area is 178 Å². The normalized spacial score (nSPS) is 30.0. The van der Waals surface area contributed by atoms with Crippen LogP contribution in [-0.4, -0.2) is 19.1 Å². The van der Waals surface area contributed by atoms with E-state index in [0.717, 1.165) is 19.4 Å². The molecule has 0 saturated carbocycles. The van der Waals surface area contributed by atoms with Crippen molar-refractivity contribution in [3.05, 3.63) is 89.0 Å². The minimum Gasteiger partial charge on any atom is -0.462 e. The second kappa shape index (κ2) is 6.87. The SMILES string of the molecule is CCOC(=O)c1cc2c3c(c1)[C@@H]1C=CC[C@@H]1[C@H](c1ccccc1)N3C[C@H]1CC=C[C@@H]21. The molecule has 2 aromatic carbocycles. The molecule has 0 radical (unpaired) electrons. The number of hydrogen-bond acceptors (Lipinski definition) is 3. The van der Waals surface area contributed by atoms with Gasteiger partial charge in [0.2, 0.25) is 0 Å². The molecular weight excluding hydrogens is 370 g/mol. The fourth-order valence-electron chi connectivity index (χ4n) is 6.34. The van der Waals surface area contributed by atoms with Gasteiger partial charge in [0.05, 0.1) is 18.2 Å². The molecule has 2 heterocycles. The Balaban J connectivity index is 1.57. The Morgan fingerprint density at radius 1 is 1.03 bits per heavy atom. The van der Waals surface area contributed by atoms with Gasteiger partial charge in [-0.25, -0.2) is 4.79 Å². The van der Waals surface area contributed by atoms with Crippen LogP contribution in [0.1, 0.15) is 64.7 Å². The maximum absolute atomic E-state index is 12.7. The van der Waals surface area contributed by atoms with Crippen molar-refractivity contribution in [3.8, 4) is 0 Å². The van der Waals surface area contributed by atoms with Crippen molar-refractivity contribution < 1.29 is 9.53 Å². The molecule has 30 heavy (non-hydrogen) atoms. The van der Waals surface area contributed by atoms with Crippen LogP contribution in [-0.2, 0) is 4.74 Å². The van der Waals surface area contributed by atoms with Crippen LogP contribution >= 0.6 is 0 Å². The predicted octanol–water partition coefficient (Wildman–Crippen LogP) is 5.76. The first-order chi connectivity index (χ1) is 14.8. The van der Waals surface area contributed by atoms with Gasteiger partial charge in [-0.1, -0.05) is 54.6 Å². The first-order valence-electron chi connectivity index (χ1n) is 11.3. The molecule has 3 heteroatoms. The fraction of sp³-hybridized carbons (Fsp3) is 0.370. The number of nitrogens with zero attached hydrogens (tertiary/aromatic N) is 1. The number of hydrogen-bond donors (Lipinski definition) is 0. The standard InChI is InChI=1S/C27H27NO2/c1-2-30-27(29)19-14-23-20-11-6-10-18(20)16-28-25(17-8-4-3-5-9-17)22-13-7-12-21(22)24(15-19)26(23)28/h3-9,11-12,14-15,18,20-22,25H,2,10,13,16H2,1H3/t18-,20-,21-,22+,25+/m1/s1. The van der Waals surface area contributed by atoms with Crippen LogP contribution < -0.4 is 4.90 Å². The largest absolute Gasteiger partial charge is 0.462 e. The van der Waals surface area contributed by atoms with E-state index in [-0.39, 0.29) is 5.97 Å². The van der Waals surface area contributed by atoms with Crippen LogP contribution in [0.3, 0.4) is 0 Å². The number of esters is 1. The van der Waals surface area contributed by atoms with E-state index in [0.29, 0.717) is 41.9 Å². The third-order valence-electron chi connectivity index (χ3n) is 7.50. The molecule has 0 saturated heterocycles. The number of fused-ring (bicyclic) bond motifs is 4. The van der Waals surface area contributed by atoms with Crippen molar-refractivity contribution in [2.45, 2.75) is 37.6 Å². The van der Waals surface area contributed by atoms with Gasteiger partial charge in [0.15, 0.2) is 0 Å². The summed E-state index contributed by atoms with van der Waals surface area (Å²) >= 11 is 0. The molecule has 4 aliphatic rings. The number of carbonyl (C=O) groups is 1. The number of anilines is 1. The Bertz CT molecular complexity index is 1040. The average molecular weight is 398 g/mol. The molecule has 5 atom stereocenters. The Morgan fingerprint density at radius 3 is 2.57 bits per heavy atom. The zero-order chi connectivity index (χ0) is 20.2. The zero-order valence-electron chi connectivity index (χ0n) is 17.3. The molecule has 0 unspecified atom stereocenters. The molecular formula is C27H27NO2. The third kappa shape index (κ3) is 2.54. The van der Waals surface area contributed by atoms with E-state index in [9.17, 15) is 4.79 Å². The second-order valence-corrected chi connectivity index (χ2v) is 9.03. The second-order valence-electron chi connectivity index (χ2n) is 9.03. The van der Waals surface area contributed by atoms with Crippen LogP contribution in [0.2, 0.25) is 0 Å². The van der Waals surface area contributed by atoms with E-state index < -0.39 is 0 Å². The quantitative estimate of drug-likeness (QED) is 0.487. The van der Waals surface area contributed by atoms with E-state index in [1.165, 1.54) is 22.4 Å². The summed E-state index contributed by atoms with van der Waals surface area (Å²) < 4.78 is 5.39. The predicted molar refractivity (Wildman–Crippen MR) is 119 cm³/mol. The molecule has 0 bridgehead atoms. The van der Waals surface area contributed by atoms with Crippen molar-refractivity contribution in [2.24, 2.45) is 11.8 Å². The number of carbonyl (C=O) groups excluding carboxylic acids is 1. The topological polar surface area (TPSA) is 29.5 Å². The minimum atomic E-state index is -0.198. The van der Waals surface area contributed by atoms with Gasteiger partial charge >= 0.3 is 5.97 Å². The van der Waals surface area contributed by atoms with Crippen LogP contribution in [0, 0.1) is 11.8 Å². The highest BCUT2D eigenvalue weighted by atomic mass is 16.5. The fourth-order valence-corrected chi connectivity index (χ4v) is 6.34. The summed E-state index contributed by atoms with van der Waals surface area (Å²) in [6.07, 6.45) is 11.6. The molecule has 2 aromatic rings. The monoisotopic (exact) mass is 397 g/mol. The van der Waals surface area contributed by atoms with Gasteiger partial charge in [-0.05, 0) is 60.4 Å². The molecule has 0 aromatic heterocycles. The number of ether oxygens (including phenoxy) is 1. The average Bonchev–Trinajstić information content (AvgIpc) is 3.44. The summed E-state index contributed by atoms with van der Waals surface area (Å²) in [6.45, 7) is 3.36. The lowest BCUT2D eigenvalue weighted by molar-refractivity contribution is 0.0526. The molecule has 2 aliphatic heterocycles. The summed E-state index contributed by atoms with van der Waals surface area (Å²) in [6, 6.07) is 15.6. The van der Waals surface area contributed by atoms with Crippen LogP contribution in [0.5, 0.6) is 0 Å². The maximum Gasteiger partial charge on any atom is 0.338 e. The molecule has 6 rings (SSSR count). The van der Waals surface area contributed by atoms with Gasteiger partial charge in [0.1, 0.15) is 0 Å². The Morgan fingerprint density at radius 2 is 1.77 bits per heavy atom. The third-order valence-corrected chi connectivity index (χ3v) is 7.50. The van der Waals surface area contributed by atoms with Crippen molar-refractivity contribution in [1.82, 2.24) is 0 Å². The Kier molecular flexibility index (Phi) is 4.12. The molecule has 152 valence electrons. The van der Waals surface area contributed by atoms with E-state index in [1.807, 2.05) is 6.92 Å². The van der Waals surface area contributed by atoms with Crippen molar-refractivity contribution >= 4 is 11.7 Å². The van der Waals surface area contributed by atoms with E-state index >= 15 is 0 Å². The smallest absolute Gasteiger partial charge is 0.338 e. The lowest BCUT2D eigenvalue weighted by Gasteiger charge is -2.51. The first kappa shape index (κ1) is 18.0. The lowest BCUT2D eigenvalue weighted by atomic mass is 9.70. The van der Waals surface area contributed by atoms with Crippen molar-refractivity contribution in [3.63, 3.8) is 0 Å². The molecule has 0 amide bonds. The number of benzene rings is 2. The van der Waals surface area contributed by atoms with Gasteiger partial charge in [-0.3, -0.25) is 0 Å². The minimum absolute atomic E-state index is 0.198. The van der Waals surface area contributed by atoms with Crippen LogP contribution in [0.4, 0.5) is 5.69 Å². The molecule has 0 fully saturated rings. The van der Waals surface area contributed by atoms with E-state index in [1.54, 1.807) is 0 Å². The molecule has 0 spiro atoms. The molecule has 2 aliphatic carbocycles. The summed E-state index contributed by atoms with van der Waals surface area (Å²) in [5.74, 6) is 1.66. The van der Waals surface area contributed by atoms with Gasteiger partial charge in [0, 0.05) is 24.1 Å². The van der Waals surface area contributed by atoms with E-state index in [4.69, 9.17) is 4.74 Å². The highest BCUT2D eigenvalue weighted by Crippen LogP contribution is 2.58. The summed E-state index contributed by atoms with van der Waals surface area (Å²) in [4.78, 5) is 15.4. The van der Waals surface area contributed by atoms with Crippen molar-refractivity contribution in [2.75, 3.05) is 18.1 Å². The van der Waals surface area contributed by atoms with E-state index in [2.05, 4.69) is 71.7 Å². The lowest BCUT2D eigenvalue weighted by Crippen LogP contribution is -2.46. The van der Waals surface area contributed by atoms with Gasteiger partial charge < -0.3 is 9.64 Å². The summed E-state index contributed by atoms with van der Waals surface area (Å²) in [5, 5.41) is 0. The maximum atomic E-state index is 12.7. The van der Waals surface area contributed by atoms with Crippen LogP contribution in [0.15, 0.2) is 66.8 Å². The number of allylic oxidation sites excluding steroid dienone is 4. The molecule has 0 N–H and O–H groups in total. The summed E-state index contributed by atoms with van der Waals surface area (Å²) in [7, 11) is 0. The van der Waals surface area contributed by atoms with Gasteiger partial charge in [-0.2, -0.15) is 0 Å². The van der Waals surface area contributed by atoms with Crippen LogP contribution in [0.25, 0.3) is 0 Å². The molecule has 3 nitrogen and oxygen atoms in total. The van der Waals surface area contributed by atoms with Gasteiger partial charge in [0.25, 0.3) is 0 Å². The highest BCUT2D eigenvalue weighted by Gasteiger charge is 2.48. The summed E-state index contributed by atoms with van der Waals surface area (Å²) in [5.41, 5.74) is 6.13. The highest BCUT2D eigenvalue weighted by molar-refractivity contribution is 5.92. The van der Waals surface area contributed by atoms with Crippen molar-refractivity contribution in [1.29, 1.82) is 0 Å². The number of rotatable bonds is 3.